The minimum Gasteiger partial charge on any atom is -0.481 e. The third-order valence-electron chi connectivity index (χ3n) is 4.63. The number of benzene rings is 1. The second kappa shape index (κ2) is 10.7. The highest BCUT2D eigenvalue weighted by molar-refractivity contribution is 5.94. The molecule has 30 heavy (non-hydrogen) atoms. The Morgan fingerprint density at radius 3 is 2.13 bits per heavy atom. The van der Waals surface area contributed by atoms with Gasteiger partial charge >= 0.3 is 11.9 Å². The van der Waals surface area contributed by atoms with Crippen LogP contribution in [0.25, 0.3) is 0 Å². The molecule has 1 aromatic carbocycles. The van der Waals surface area contributed by atoms with Gasteiger partial charge in [-0.15, -0.1) is 0 Å². The Kier molecular flexibility index (Phi) is 8.32. The third-order valence-corrected chi connectivity index (χ3v) is 4.63. The zero-order valence-electron chi connectivity index (χ0n) is 18.5. The van der Waals surface area contributed by atoms with Crippen molar-refractivity contribution >= 4 is 23.8 Å². The Morgan fingerprint density at radius 1 is 1.10 bits per heavy atom. The molecule has 0 saturated carbocycles. The highest BCUT2D eigenvalue weighted by Gasteiger charge is 2.34. The fourth-order valence-corrected chi connectivity index (χ4v) is 2.75. The van der Waals surface area contributed by atoms with Crippen molar-refractivity contribution in [2.45, 2.75) is 64.5 Å². The molecule has 0 aliphatic heterocycles. The summed E-state index contributed by atoms with van der Waals surface area (Å²) in [6, 6.07) is 2.47. The Labute approximate surface area is 176 Å². The molecule has 2 amide bonds. The molecule has 9 heteroatoms. The first kappa shape index (κ1) is 23.3. The van der Waals surface area contributed by atoms with Crippen LogP contribution in [-0.4, -0.2) is 46.0 Å². The average Bonchev–Trinajstić information content (AvgIpc) is 2.67. The first-order valence-corrected chi connectivity index (χ1v) is 9.60. The van der Waals surface area contributed by atoms with Crippen LogP contribution in [0.5, 0.6) is 0 Å². The zero-order valence-corrected chi connectivity index (χ0v) is 17.5. The fraction of sp³-hybridized carbons (Fsp3) is 0.524. The molecule has 0 bridgehead atoms. The van der Waals surface area contributed by atoms with Crippen molar-refractivity contribution in [3.63, 3.8) is 0 Å². The number of hydrogen-bond donors (Lipinski definition) is 4. The van der Waals surface area contributed by atoms with Gasteiger partial charge in [0.1, 0.15) is 17.9 Å². The first-order valence-electron chi connectivity index (χ1n) is 10.1. The van der Waals surface area contributed by atoms with Crippen LogP contribution >= 0.6 is 0 Å². The van der Waals surface area contributed by atoms with Gasteiger partial charge in [0.05, 0.1) is 5.41 Å². The third kappa shape index (κ3) is 7.46. The zero-order chi connectivity index (χ0) is 23.9. The Morgan fingerprint density at radius 2 is 1.67 bits per heavy atom. The summed E-state index contributed by atoms with van der Waals surface area (Å²) in [5.74, 6) is -4.78. The Hall–Kier alpha value is -2.97. The van der Waals surface area contributed by atoms with Crippen LogP contribution in [0.3, 0.4) is 0 Å². The lowest BCUT2D eigenvalue weighted by atomic mass is 9.83. The number of amides is 2. The Bertz CT molecular complexity index is 813. The second-order valence-corrected chi connectivity index (χ2v) is 8.04. The molecule has 0 fully saturated rings. The van der Waals surface area contributed by atoms with Crippen molar-refractivity contribution < 1.29 is 35.2 Å². The molecular formula is C21H29FN2O6. The van der Waals surface area contributed by atoms with E-state index in [1.165, 1.54) is 24.3 Å². The molecule has 0 unspecified atom stereocenters. The second-order valence-electron chi connectivity index (χ2n) is 8.04. The van der Waals surface area contributed by atoms with Crippen LogP contribution < -0.4 is 10.6 Å². The largest absolute Gasteiger partial charge is 0.481 e. The molecule has 0 spiro atoms. The van der Waals surface area contributed by atoms with Crippen LogP contribution in [0, 0.1) is 11.7 Å². The van der Waals surface area contributed by atoms with E-state index >= 15 is 0 Å². The molecule has 0 saturated heterocycles. The van der Waals surface area contributed by atoms with Crippen molar-refractivity contribution in [3.05, 3.63) is 35.6 Å². The monoisotopic (exact) mass is 425 g/mol. The highest BCUT2D eigenvalue weighted by Crippen LogP contribution is 2.24. The standard InChI is InChI=1S/C21H29FN2O6/c1-12(2)11-16(18(27)23-15(19(28)29)9-10-17(25)26)24-20(30)21(3,4)13-5-7-14(22)8-6-13/h5-8,12,15-16H,9-11H2,1-4H3,(H,23,27)(H,24,30)(H,25,26)(H,28,29)/t15-,16-/m0/s1/i/hD. The number of carbonyl (C=O) groups is 4. The number of nitrogens with one attached hydrogen (secondary N) is 2. The van der Waals surface area contributed by atoms with Crippen LogP contribution in [0.15, 0.2) is 24.3 Å². The molecule has 0 radical (unpaired) electrons. The van der Waals surface area contributed by atoms with E-state index in [-0.39, 0.29) is 18.8 Å². The van der Waals surface area contributed by atoms with Gasteiger partial charge in [0.25, 0.3) is 0 Å². The lowest BCUT2D eigenvalue weighted by Crippen LogP contribution is -2.54. The van der Waals surface area contributed by atoms with E-state index in [1.807, 2.05) is 0 Å². The maximum absolute atomic E-state index is 13.2. The predicted molar refractivity (Wildman–Crippen MR) is 107 cm³/mol. The molecule has 0 heterocycles. The van der Waals surface area contributed by atoms with Crippen molar-refractivity contribution in [1.82, 2.24) is 10.6 Å². The van der Waals surface area contributed by atoms with Gasteiger partial charge in [-0.2, -0.15) is 0 Å². The molecule has 1 rings (SSSR count). The average molecular weight is 425 g/mol. The van der Waals surface area contributed by atoms with E-state index < -0.39 is 53.5 Å². The van der Waals surface area contributed by atoms with E-state index in [0.29, 0.717) is 10.9 Å². The lowest BCUT2D eigenvalue weighted by molar-refractivity contribution is -0.143. The van der Waals surface area contributed by atoms with Crippen molar-refractivity contribution in [3.8, 4) is 0 Å². The molecule has 0 aliphatic rings. The molecular weight excluding hydrogens is 395 g/mol. The van der Waals surface area contributed by atoms with E-state index in [2.05, 4.69) is 5.32 Å². The van der Waals surface area contributed by atoms with Gasteiger partial charge in [0.2, 0.25) is 11.8 Å². The van der Waals surface area contributed by atoms with Crippen molar-refractivity contribution in [1.29, 1.82) is 0 Å². The van der Waals surface area contributed by atoms with E-state index in [1.54, 1.807) is 27.7 Å². The predicted octanol–water partition coefficient (Wildman–Crippen LogP) is 2.07. The normalized spacial score (nSPS) is 13.9. The molecule has 8 nitrogen and oxygen atoms in total. The minimum absolute atomic E-state index is 0.0891. The number of hydrogen-bond acceptors (Lipinski definition) is 4. The summed E-state index contributed by atoms with van der Waals surface area (Å²) in [6.07, 6.45) is -0.711. The molecule has 1 aromatic rings. The summed E-state index contributed by atoms with van der Waals surface area (Å²) in [5, 5.41) is 20.8. The first-order chi connectivity index (χ1) is 14.3. The SMILES string of the molecule is [2H]N(C(=O)C(C)(C)c1ccc(F)cc1)[C@@H](CC(C)C)C(=O)N[C@@H](CCC(=O)O)C(=O)O. The lowest BCUT2D eigenvalue weighted by Gasteiger charge is -2.29. The van der Waals surface area contributed by atoms with E-state index in [9.17, 15) is 28.7 Å². The molecule has 2 atom stereocenters. The van der Waals surface area contributed by atoms with E-state index in [0.717, 1.165) is 0 Å². The number of aliphatic carboxylic acids is 2. The van der Waals surface area contributed by atoms with Crippen LogP contribution in [0.2, 0.25) is 1.41 Å². The highest BCUT2D eigenvalue weighted by atomic mass is 19.1. The maximum atomic E-state index is 13.2. The van der Waals surface area contributed by atoms with Gasteiger partial charge in [0.15, 0.2) is 1.41 Å². The minimum atomic E-state index is -1.47. The summed E-state index contributed by atoms with van der Waals surface area (Å²) in [6.45, 7) is 6.65. The van der Waals surface area contributed by atoms with Gasteiger partial charge in [-0.05, 0) is 50.3 Å². The van der Waals surface area contributed by atoms with Gasteiger partial charge in [-0.1, -0.05) is 26.0 Å². The number of carboxylic acids is 2. The Balaban J connectivity index is 3.11. The van der Waals surface area contributed by atoms with Crippen LogP contribution in [0.4, 0.5) is 4.39 Å². The van der Waals surface area contributed by atoms with Gasteiger partial charge in [0, 0.05) is 6.42 Å². The topological polar surface area (TPSA) is 133 Å². The summed E-state index contributed by atoms with van der Waals surface area (Å²) in [4.78, 5) is 48.0. The van der Waals surface area contributed by atoms with Crippen molar-refractivity contribution in [2.24, 2.45) is 5.92 Å². The number of carbonyl (C=O) groups excluding carboxylic acids is 2. The molecule has 4 N–H and O–H groups in total. The van der Waals surface area contributed by atoms with Gasteiger partial charge in [-0.25, -0.2) is 9.18 Å². The quantitative estimate of drug-likeness (QED) is 0.429. The number of halogens is 1. The molecule has 0 aliphatic carbocycles. The fourth-order valence-electron chi connectivity index (χ4n) is 2.75. The maximum Gasteiger partial charge on any atom is 0.326 e. The van der Waals surface area contributed by atoms with E-state index in [4.69, 9.17) is 6.52 Å². The van der Waals surface area contributed by atoms with Gasteiger partial charge in [-0.3, -0.25) is 14.4 Å². The van der Waals surface area contributed by atoms with Gasteiger partial charge < -0.3 is 20.8 Å². The van der Waals surface area contributed by atoms with Crippen LogP contribution in [-0.2, 0) is 24.6 Å². The summed E-state index contributed by atoms with van der Waals surface area (Å²) in [7, 11) is 0. The smallest absolute Gasteiger partial charge is 0.326 e. The summed E-state index contributed by atoms with van der Waals surface area (Å²) in [5.41, 5.74) is -0.801. The molecule has 166 valence electrons. The van der Waals surface area contributed by atoms with Crippen molar-refractivity contribution in [2.75, 3.05) is 0 Å². The van der Waals surface area contributed by atoms with Crippen LogP contribution in [0.1, 0.15) is 52.5 Å². The number of carboxylic acid groups (broad SMARTS) is 2. The summed E-state index contributed by atoms with van der Waals surface area (Å²) >= 11 is 0. The number of rotatable bonds is 11. The summed E-state index contributed by atoms with van der Waals surface area (Å²) < 4.78 is 21.6. The molecule has 0 aromatic heterocycles.